The lowest BCUT2D eigenvalue weighted by Gasteiger charge is -1.97. The van der Waals surface area contributed by atoms with Gasteiger partial charge in [-0.15, -0.1) is 10.2 Å². The van der Waals surface area contributed by atoms with Gasteiger partial charge in [-0.3, -0.25) is 14.9 Å². The van der Waals surface area contributed by atoms with E-state index >= 15 is 0 Å². The first-order chi connectivity index (χ1) is 6.43. The minimum atomic E-state index is -4.60. The monoisotopic (exact) mass is 225 g/mol. The SMILES string of the molecule is O=CC(=O)Nc1nnc(C(F)(F)F)s1. The summed E-state index contributed by atoms with van der Waals surface area (Å²) >= 11 is 0.145. The topological polar surface area (TPSA) is 72.0 Å². The van der Waals surface area contributed by atoms with E-state index in [1.807, 2.05) is 5.32 Å². The number of amides is 1. The number of nitrogens with zero attached hydrogens (tertiary/aromatic N) is 2. The van der Waals surface area contributed by atoms with Gasteiger partial charge >= 0.3 is 6.18 Å². The van der Waals surface area contributed by atoms with E-state index in [4.69, 9.17) is 0 Å². The molecule has 0 aliphatic carbocycles. The summed E-state index contributed by atoms with van der Waals surface area (Å²) in [5.74, 6) is -1.07. The minimum Gasteiger partial charge on any atom is -0.294 e. The molecule has 1 aromatic rings. The van der Waals surface area contributed by atoms with Crippen LogP contribution in [0, 0.1) is 0 Å². The molecule has 0 radical (unpaired) electrons. The second-order valence-corrected chi connectivity index (χ2v) is 2.99. The number of carbonyl (C=O) groups is 2. The molecule has 0 atom stereocenters. The molecule has 0 aliphatic heterocycles. The fraction of sp³-hybridized carbons (Fsp3) is 0.200. The summed E-state index contributed by atoms with van der Waals surface area (Å²) in [6.45, 7) is 0. The van der Waals surface area contributed by atoms with Crippen LogP contribution in [0.4, 0.5) is 18.3 Å². The van der Waals surface area contributed by atoms with Crippen LogP contribution >= 0.6 is 11.3 Å². The van der Waals surface area contributed by atoms with Crippen LogP contribution in [0.1, 0.15) is 5.01 Å². The lowest BCUT2D eigenvalue weighted by Crippen LogP contribution is -2.11. The van der Waals surface area contributed by atoms with Crippen molar-refractivity contribution in [2.75, 3.05) is 5.32 Å². The van der Waals surface area contributed by atoms with Gasteiger partial charge in [0.25, 0.3) is 5.91 Å². The molecule has 0 aliphatic rings. The summed E-state index contributed by atoms with van der Waals surface area (Å²) in [6.07, 6.45) is -4.67. The van der Waals surface area contributed by atoms with Crippen molar-refractivity contribution in [1.82, 2.24) is 10.2 Å². The maximum atomic E-state index is 11.9. The van der Waals surface area contributed by atoms with Crippen LogP contribution < -0.4 is 5.32 Å². The number of anilines is 1. The fourth-order valence-corrected chi connectivity index (χ4v) is 1.14. The van der Waals surface area contributed by atoms with Crippen molar-refractivity contribution in [3.63, 3.8) is 0 Å². The molecule has 5 nitrogen and oxygen atoms in total. The van der Waals surface area contributed by atoms with Crippen LogP contribution in [-0.2, 0) is 15.8 Å². The second-order valence-electron chi connectivity index (χ2n) is 2.02. The van der Waals surface area contributed by atoms with E-state index in [0.717, 1.165) is 0 Å². The van der Waals surface area contributed by atoms with Gasteiger partial charge in [0.15, 0.2) is 0 Å². The number of alkyl halides is 3. The van der Waals surface area contributed by atoms with Gasteiger partial charge in [0.2, 0.25) is 16.4 Å². The van der Waals surface area contributed by atoms with Crippen LogP contribution in [0.15, 0.2) is 0 Å². The fourth-order valence-electron chi connectivity index (χ4n) is 0.523. The molecule has 1 N–H and O–H groups in total. The predicted molar refractivity (Wildman–Crippen MR) is 39.6 cm³/mol. The van der Waals surface area contributed by atoms with Crippen molar-refractivity contribution in [2.24, 2.45) is 0 Å². The molecule has 1 heterocycles. The first-order valence-corrected chi connectivity index (χ1v) is 3.92. The molecule has 0 saturated heterocycles. The third-order valence-electron chi connectivity index (χ3n) is 1.00. The van der Waals surface area contributed by atoms with Crippen molar-refractivity contribution in [2.45, 2.75) is 6.18 Å². The van der Waals surface area contributed by atoms with E-state index < -0.39 is 17.1 Å². The Hall–Kier alpha value is -1.51. The second kappa shape index (κ2) is 3.70. The Bertz CT molecular complexity index is 361. The molecule has 1 rings (SSSR count). The number of halogens is 3. The van der Waals surface area contributed by atoms with Gasteiger partial charge in [0.05, 0.1) is 0 Å². The number of carbonyl (C=O) groups excluding carboxylic acids is 2. The van der Waals surface area contributed by atoms with Crippen molar-refractivity contribution >= 4 is 28.7 Å². The molecule has 14 heavy (non-hydrogen) atoms. The molecule has 0 fully saturated rings. The summed E-state index contributed by atoms with van der Waals surface area (Å²) in [7, 11) is 0. The molecular formula is C5H2F3N3O2S. The summed E-state index contributed by atoms with van der Waals surface area (Å²) in [5, 5.41) is 6.09. The van der Waals surface area contributed by atoms with Gasteiger partial charge in [-0.2, -0.15) is 13.2 Å². The lowest BCUT2D eigenvalue weighted by molar-refractivity contribution is -0.138. The van der Waals surface area contributed by atoms with Crippen molar-refractivity contribution in [1.29, 1.82) is 0 Å². The summed E-state index contributed by atoms with van der Waals surface area (Å²) in [5.41, 5.74) is 0. The Kier molecular flexibility index (Phi) is 2.79. The summed E-state index contributed by atoms with van der Waals surface area (Å²) in [4.78, 5) is 20.3. The molecule has 0 saturated carbocycles. The van der Waals surface area contributed by atoms with Crippen molar-refractivity contribution in [3.8, 4) is 0 Å². The van der Waals surface area contributed by atoms with Crippen LogP contribution in [0.2, 0.25) is 0 Å². The smallest absolute Gasteiger partial charge is 0.294 e. The van der Waals surface area contributed by atoms with E-state index in [2.05, 4.69) is 10.2 Å². The Labute approximate surface area is 78.9 Å². The van der Waals surface area contributed by atoms with E-state index in [0.29, 0.717) is 0 Å². The van der Waals surface area contributed by atoms with Gasteiger partial charge in [0.1, 0.15) is 0 Å². The Morgan fingerprint density at radius 3 is 2.50 bits per heavy atom. The molecule has 0 aromatic carbocycles. The van der Waals surface area contributed by atoms with Gasteiger partial charge in [-0.25, -0.2) is 0 Å². The zero-order valence-corrected chi connectivity index (χ0v) is 7.15. The Morgan fingerprint density at radius 2 is 2.07 bits per heavy atom. The highest BCUT2D eigenvalue weighted by Gasteiger charge is 2.35. The molecule has 1 aromatic heterocycles. The maximum Gasteiger partial charge on any atom is 0.445 e. The van der Waals surface area contributed by atoms with E-state index in [-0.39, 0.29) is 22.8 Å². The first-order valence-electron chi connectivity index (χ1n) is 3.10. The number of aromatic nitrogens is 2. The number of hydrogen-bond acceptors (Lipinski definition) is 5. The summed E-state index contributed by atoms with van der Waals surface area (Å²) in [6, 6.07) is 0. The predicted octanol–water partition coefficient (Wildman–Crippen LogP) is 0.694. The van der Waals surface area contributed by atoms with Crippen LogP contribution in [0.25, 0.3) is 0 Å². The van der Waals surface area contributed by atoms with Crippen molar-refractivity contribution < 1.29 is 22.8 Å². The number of nitrogens with one attached hydrogen (secondary N) is 1. The van der Waals surface area contributed by atoms with Crippen LogP contribution in [0.3, 0.4) is 0 Å². The largest absolute Gasteiger partial charge is 0.445 e. The molecule has 0 bridgehead atoms. The molecular weight excluding hydrogens is 223 g/mol. The van der Waals surface area contributed by atoms with E-state index in [9.17, 15) is 22.8 Å². The minimum absolute atomic E-state index is 0.0747. The van der Waals surface area contributed by atoms with E-state index in [1.54, 1.807) is 0 Å². The highest BCUT2D eigenvalue weighted by molar-refractivity contribution is 7.15. The normalized spacial score (nSPS) is 11.1. The number of aldehydes is 1. The Morgan fingerprint density at radius 1 is 1.43 bits per heavy atom. The maximum absolute atomic E-state index is 11.9. The van der Waals surface area contributed by atoms with Gasteiger partial charge < -0.3 is 0 Å². The zero-order chi connectivity index (χ0) is 10.8. The first kappa shape index (κ1) is 10.6. The van der Waals surface area contributed by atoms with Crippen LogP contribution in [-0.4, -0.2) is 22.4 Å². The highest BCUT2D eigenvalue weighted by atomic mass is 32.1. The van der Waals surface area contributed by atoms with E-state index in [1.165, 1.54) is 0 Å². The average Bonchev–Trinajstić information content (AvgIpc) is 2.51. The number of rotatable bonds is 2. The third-order valence-corrected chi connectivity index (χ3v) is 1.89. The summed E-state index contributed by atoms with van der Waals surface area (Å²) < 4.78 is 35.8. The molecule has 76 valence electrons. The average molecular weight is 225 g/mol. The number of hydrogen-bond donors (Lipinski definition) is 1. The third kappa shape index (κ3) is 2.49. The van der Waals surface area contributed by atoms with Gasteiger partial charge in [-0.05, 0) is 0 Å². The molecule has 0 unspecified atom stereocenters. The quantitative estimate of drug-likeness (QED) is 0.593. The molecule has 1 amide bonds. The molecule has 9 heteroatoms. The standard InChI is InChI=1S/C5H2F3N3O2S/c6-5(7,8)3-10-11-4(14-3)9-2(13)1-12/h1H,(H,9,11,13). The zero-order valence-electron chi connectivity index (χ0n) is 6.33. The Balaban J connectivity index is 2.78. The highest BCUT2D eigenvalue weighted by Crippen LogP contribution is 2.32. The lowest BCUT2D eigenvalue weighted by atomic mass is 10.7. The van der Waals surface area contributed by atoms with Gasteiger partial charge in [-0.1, -0.05) is 11.3 Å². The van der Waals surface area contributed by atoms with Crippen molar-refractivity contribution in [3.05, 3.63) is 5.01 Å². The van der Waals surface area contributed by atoms with Crippen LogP contribution in [0.5, 0.6) is 0 Å². The van der Waals surface area contributed by atoms with Gasteiger partial charge in [0, 0.05) is 0 Å². The molecule has 0 spiro atoms.